The zero-order chi connectivity index (χ0) is 46.1. The zero-order valence-corrected chi connectivity index (χ0v) is 36.5. The van der Waals surface area contributed by atoms with Gasteiger partial charge in [-0.05, 0) is 161 Å². The number of aromatic nitrogens is 2. The van der Waals surface area contributed by atoms with Gasteiger partial charge in [0.25, 0.3) is 11.8 Å². The second kappa shape index (κ2) is 20.3. The third-order valence-electron chi connectivity index (χ3n) is 10.5. The van der Waals surface area contributed by atoms with Gasteiger partial charge in [0.2, 0.25) is 0 Å². The summed E-state index contributed by atoms with van der Waals surface area (Å²) in [5.74, 6) is 0.477. The number of hydrogen-bond donors (Lipinski definition) is 2. The molecule has 65 heavy (non-hydrogen) atoms. The normalized spacial score (nSPS) is 13.9. The summed E-state index contributed by atoms with van der Waals surface area (Å²) >= 11 is 0. The number of amides is 3. The fourth-order valence-corrected chi connectivity index (χ4v) is 7.24. The Kier molecular flexibility index (Phi) is 14.2. The highest BCUT2D eigenvalue weighted by Crippen LogP contribution is 2.31. The molecule has 4 aromatic carbocycles. The van der Waals surface area contributed by atoms with Gasteiger partial charge in [0.05, 0.1) is 11.4 Å². The molecule has 0 unspecified atom stereocenters. The molecule has 15 heteroatoms. The molecule has 6 aromatic rings. The highest BCUT2D eigenvalue weighted by Gasteiger charge is 2.27. The van der Waals surface area contributed by atoms with Crippen LogP contribution in [-0.2, 0) is 4.74 Å². The number of rotatable bonds is 10. The molecule has 0 spiro atoms. The molecule has 2 aromatic heterocycles. The van der Waals surface area contributed by atoms with E-state index in [4.69, 9.17) is 25.7 Å². The van der Waals surface area contributed by atoms with Crippen molar-refractivity contribution in [3.05, 3.63) is 144 Å². The average molecular weight is 884 g/mol. The summed E-state index contributed by atoms with van der Waals surface area (Å²) < 4.78 is 43.1. The van der Waals surface area contributed by atoms with Crippen molar-refractivity contribution in [2.24, 2.45) is 11.5 Å². The number of carbonyl (C=O) groups excluding carboxylic acids is 3. The summed E-state index contributed by atoms with van der Waals surface area (Å²) in [7, 11) is 0. The molecule has 0 saturated carbocycles. The Bertz CT molecular complexity index is 2590. The van der Waals surface area contributed by atoms with Crippen molar-refractivity contribution in [3.63, 3.8) is 0 Å². The van der Waals surface area contributed by atoms with Crippen molar-refractivity contribution in [1.82, 2.24) is 14.9 Å². The predicted molar refractivity (Wildman–Crippen MR) is 245 cm³/mol. The fraction of sp³-hybridized carbons (Fsp3) is 0.260. The molecule has 2 saturated heterocycles. The van der Waals surface area contributed by atoms with Crippen LogP contribution >= 0.6 is 0 Å². The minimum absolute atomic E-state index is 0.156. The van der Waals surface area contributed by atoms with E-state index in [0.29, 0.717) is 60.6 Å². The number of benzene rings is 4. The number of pyridine rings is 2. The largest absolute Gasteiger partial charge is 0.457 e. The van der Waals surface area contributed by atoms with Gasteiger partial charge in [-0.2, -0.15) is 0 Å². The number of piperidine rings is 1. The smallest absolute Gasteiger partial charge is 0.410 e. The minimum atomic E-state index is -0.623. The van der Waals surface area contributed by atoms with E-state index in [1.54, 1.807) is 53.4 Å². The van der Waals surface area contributed by atoms with Gasteiger partial charge in [0.15, 0.2) is 0 Å². The standard InChI is InChI=1S/C27H29FN4O4.C23H22FN3O2/c1-27(2,3)36-26(34)32-14-12-31(13-15-32)20-16-23(30-24(17-20)25(29)33)18-4-8-21(9-5-18)35-22-10-6-19(28)7-11-22;24-17-6-10-20(11-7-17)29-19-8-4-16(5-9-19)21-14-18(15-22(26-21)23(25)28)27-12-2-1-3-13-27/h4-11,16-17H,12-15H2,1-3H3,(H2,29,33);4-11,14-15H,1-3,12-13H2,(H2,25,28). The lowest BCUT2D eigenvalue weighted by molar-refractivity contribution is 0.0240. The Morgan fingerprint density at radius 3 is 1.26 bits per heavy atom. The minimum Gasteiger partial charge on any atom is -0.457 e. The molecule has 2 fully saturated rings. The van der Waals surface area contributed by atoms with Crippen LogP contribution in [0.4, 0.5) is 25.0 Å². The fourth-order valence-electron chi connectivity index (χ4n) is 7.24. The average Bonchev–Trinajstić information content (AvgIpc) is 3.30. The topological polar surface area (TPSA) is 166 Å². The van der Waals surface area contributed by atoms with E-state index in [1.807, 2.05) is 69.3 Å². The zero-order valence-electron chi connectivity index (χ0n) is 36.5. The second-order valence-electron chi connectivity index (χ2n) is 16.6. The highest BCUT2D eigenvalue weighted by molar-refractivity contribution is 5.93. The Morgan fingerprint density at radius 2 is 0.892 bits per heavy atom. The molecule has 0 radical (unpaired) electrons. The number of nitrogens with zero attached hydrogens (tertiary/aromatic N) is 5. The molecular weight excluding hydrogens is 833 g/mol. The molecular formula is C50H51F2N7O6. The van der Waals surface area contributed by atoms with Crippen LogP contribution in [-0.4, -0.2) is 77.6 Å². The van der Waals surface area contributed by atoms with E-state index in [9.17, 15) is 23.2 Å². The quantitative estimate of drug-likeness (QED) is 0.135. The van der Waals surface area contributed by atoms with Gasteiger partial charge >= 0.3 is 6.09 Å². The molecule has 8 rings (SSSR count). The van der Waals surface area contributed by atoms with E-state index in [1.165, 1.54) is 30.7 Å². The molecule has 3 amide bonds. The summed E-state index contributed by atoms with van der Waals surface area (Å²) in [5, 5.41) is 0. The number of piperazine rings is 1. The Hall–Kier alpha value is -7.55. The maximum Gasteiger partial charge on any atom is 0.410 e. The van der Waals surface area contributed by atoms with Crippen LogP contribution in [0, 0.1) is 11.6 Å². The van der Waals surface area contributed by atoms with Gasteiger partial charge in [-0.3, -0.25) is 9.59 Å². The lowest BCUT2D eigenvalue weighted by Crippen LogP contribution is -2.50. The molecule has 0 bridgehead atoms. The van der Waals surface area contributed by atoms with Crippen molar-refractivity contribution >= 4 is 29.3 Å². The lowest BCUT2D eigenvalue weighted by Gasteiger charge is -2.37. The molecule has 4 heterocycles. The first kappa shape index (κ1) is 45.5. The Labute approximate surface area is 376 Å². The van der Waals surface area contributed by atoms with Gasteiger partial charge in [-0.1, -0.05) is 0 Å². The Morgan fingerprint density at radius 1 is 0.523 bits per heavy atom. The predicted octanol–water partition coefficient (Wildman–Crippen LogP) is 9.61. The SMILES string of the molecule is CC(C)(C)OC(=O)N1CCN(c2cc(C(N)=O)nc(-c3ccc(Oc4ccc(F)cc4)cc3)c2)CC1.NC(=O)c1cc(N2CCCCC2)cc(-c2ccc(Oc3ccc(F)cc3)cc2)n1. The number of carbonyl (C=O) groups is 3. The third-order valence-corrected chi connectivity index (χ3v) is 10.5. The Balaban J connectivity index is 0.000000198. The number of hydrogen-bond acceptors (Lipinski definition) is 10. The van der Waals surface area contributed by atoms with Gasteiger partial charge in [-0.25, -0.2) is 23.5 Å². The summed E-state index contributed by atoms with van der Waals surface area (Å²) in [4.78, 5) is 51.1. The number of primary amides is 2. The number of anilines is 2. The van der Waals surface area contributed by atoms with E-state index in [0.717, 1.165) is 48.4 Å². The first-order valence-electron chi connectivity index (χ1n) is 21.3. The van der Waals surface area contributed by atoms with Crippen LogP contribution < -0.4 is 30.7 Å². The summed E-state index contributed by atoms with van der Waals surface area (Å²) in [6, 6.07) is 33.5. The highest BCUT2D eigenvalue weighted by atomic mass is 19.1. The van der Waals surface area contributed by atoms with E-state index < -0.39 is 17.4 Å². The summed E-state index contributed by atoms with van der Waals surface area (Å²) in [6.07, 6.45) is 3.17. The van der Waals surface area contributed by atoms with Gasteiger partial charge in [-0.15, -0.1) is 0 Å². The van der Waals surface area contributed by atoms with Crippen molar-refractivity contribution in [2.45, 2.75) is 45.6 Å². The van der Waals surface area contributed by atoms with Gasteiger partial charge in [0.1, 0.15) is 51.6 Å². The molecule has 4 N–H and O–H groups in total. The monoisotopic (exact) mass is 883 g/mol. The third kappa shape index (κ3) is 12.6. The number of nitrogens with two attached hydrogens (primary N) is 2. The van der Waals surface area contributed by atoms with E-state index in [-0.39, 0.29) is 29.1 Å². The van der Waals surface area contributed by atoms with Crippen molar-refractivity contribution < 1.29 is 37.4 Å². The molecule has 13 nitrogen and oxygen atoms in total. The summed E-state index contributed by atoms with van der Waals surface area (Å²) in [5.41, 5.74) is 15.6. The maximum absolute atomic E-state index is 13.1. The molecule has 2 aliphatic rings. The van der Waals surface area contributed by atoms with Gasteiger partial charge < -0.3 is 40.4 Å². The number of halogens is 2. The maximum atomic E-state index is 13.1. The van der Waals surface area contributed by atoms with Gasteiger partial charge in [0, 0.05) is 61.8 Å². The molecule has 0 aliphatic carbocycles. The van der Waals surface area contributed by atoms with Crippen LogP contribution in [0.15, 0.2) is 121 Å². The van der Waals surface area contributed by atoms with E-state index in [2.05, 4.69) is 19.8 Å². The summed E-state index contributed by atoms with van der Waals surface area (Å²) in [6.45, 7) is 9.59. The van der Waals surface area contributed by atoms with Crippen LogP contribution in [0.25, 0.3) is 22.5 Å². The van der Waals surface area contributed by atoms with Crippen molar-refractivity contribution in [3.8, 4) is 45.5 Å². The number of ether oxygens (including phenoxy) is 3. The second-order valence-corrected chi connectivity index (χ2v) is 16.6. The van der Waals surface area contributed by atoms with E-state index >= 15 is 0 Å². The molecule has 336 valence electrons. The lowest BCUT2D eigenvalue weighted by atomic mass is 10.1. The van der Waals surface area contributed by atoms with Crippen molar-refractivity contribution in [1.29, 1.82) is 0 Å². The van der Waals surface area contributed by atoms with Crippen LogP contribution in [0.1, 0.15) is 61.0 Å². The van der Waals surface area contributed by atoms with Crippen molar-refractivity contribution in [2.75, 3.05) is 49.1 Å². The van der Waals surface area contributed by atoms with Crippen LogP contribution in [0.3, 0.4) is 0 Å². The van der Waals surface area contributed by atoms with Crippen LogP contribution in [0.5, 0.6) is 23.0 Å². The first-order valence-corrected chi connectivity index (χ1v) is 21.3. The first-order chi connectivity index (χ1) is 31.2. The van der Waals surface area contributed by atoms with Crippen LogP contribution in [0.2, 0.25) is 0 Å². The molecule has 2 aliphatic heterocycles. The molecule has 0 atom stereocenters.